The molecular formula is C16H21N3O2. The molecule has 1 aliphatic rings. The monoisotopic (exact) mass is 287 g/mol. The Morgan fingerprint density at radius 3 is 2.67 bits per heavy atom. The van der Waals surface area contributed by atoms with Crippen LogP contribution in [0.3, 0.4) is 0 Å². The van der Waals surface area contributed by atoms with Crippen LogP contribution in [0.4, 0.5) is 5.69 Å². The third-order valence-corrected chi connectivity index (χ3v) is 4.61. The lowest BCUT2D eigenvalue weighted by molar-refractivity contribution is -0.383. The number of H-pyrrole nitrogens is 1. The lowest BCUT2D eigenvalue weighted by atomic mass is 9.88. The van der Waals surface area contributed by atoms with E-state index in [1.807, 2.05) is 12.3 Å². The second kappa shape index (κ2) is 5.48. The summed E-state index contributed by atoms with van der Waals surface area (Å²) < 4.78 is 0. The Morgan fingerprint density at radius 1 is 1.33 bits per heavy atom. The number of hydrogen-bond donors (Lipinski definition) is 1. The quantitative estimate of drug-likeness (QED) is 0.692. The number of rotatable bonds is 3. The van der Waals surface area contributed by atoms with Crippen molar-refractivity contribution in [2.24, 2.45) is 0 Å². The van der Waals surface area contributed by atoms with E-state index in [0.29, 0.717) is 12.0 Å². The summed E-state index contributed by atoms with van der Waals surface area (Å²) in [6.45, 7) is 6.57. The molecule has 1 saturated heterocycles. The SMILES string of the molecule is CC(C)N1CCC(c2c[nH]c3cccc([N+](=O)[O-])c23)CC1. The fraction of sp³-hybridized carbons (Fsp3) is 0.500. The van der Waals surface area contributed by atoms with Crippen LogP contribution >= 0.6 is 0 Å². The third-order valence-electron chi connectivity index (χ3n) is 4.61. The zero-order valence-corrected chi connectivity index (χ0v) is 12.5. The molecule has 112 valence electrons. The summed E-state index contributed by atoms with van der Waals surface area (Å²) in [5, 5.41) is 12.1. The number of nitro benzene ring substituents is 1. The molecule has 0 saturated carbocycles. The van der Waals surface area contributed by atoms with Gasteiger partial charge in [-0.05, 0) is 57.3 Å². The number of likely N-dealkylation sites (tertiary alicyclic amines) is 1. The Bertz CT molecular complexity index is 655. The number of piperidine rings is 1. The van der Waals surface area contributed by atoms with Gasteiger partial charge in [-0.25, -0.2) is 0 Å². The van der Waals surface area contributed by atoms with Crippen LogP contribution in [0.25, 0.3) is 10.9 Å². The average molecular weight is 287 g/mol. The Hall–Kier alpha value is -1.88. The second-order valence-electron chi connectivity index (χ2n) is 6.10. The zero-order valence-electron chi connectivity index (χ0n) is 12.5. The Kier molecular flexibility index (Phi) is 3.68. The first-order chi connectivity index (χ1) is 10.1. The van der Waals surface area contributed by atoms with Crippen molar-refractivity contribution in [1.29, 1.82) is 0 Å². The van der Waals surface area contributed by atoms with E-state index in [-0.39, 0.29) is 10.6 Å². The third kappa shape index (κ3) is 2.53. The fourth-order valence-electron chi connectivity index (χ4n) is 3.39. The molecule has 3 rings (SSSR count). The standard InChI is InChI=1S/C16H21N3O2/c1-11(2)18-8-6-12(7-9-18)13-10-17-14-4-3-5-15(16(13)14)19(20)21/h3-5,10-12,17H,6-9H2,1-2H3. The van der Waals surface area contributed by atoms with Gasteiger partial charge in [0.25, 0.3) is 5.69 Å². The molecule has 0 aliphatic carbocycles. The lowest BCUT2D eigenvalue weighted by Crippen LogP contribution is -2.37. The summed E-state index contributed by atoms with van der Waals surface area (Å²) in [5.74, 6) is 0.412. The predicted octanol–water partition coefficient (Wildman–Crippen LogP) is 3.66. The number of non-ortho nitro benzene ring substituents is 1. The molecule has 1 fully saturated rings. The topological polar surface area (TPSA) is 62.2 Å². The van der Waals surface area contributed by atoms with Crippen molar-refractivity contribution in [1.82, 2.24) is 9.88 Å². The van der Waals surface area contributed by atoms with Gasteiger partial charge in [-0.1, -0.05) is 6.07 Å². The summed E-state index contributed by atoms with van der Waals surface area (Å²) in [7, 11) is 0. The van der Waals surface area contributed by atoms with Gasteiger partial charge in [0.05, 0.1) is 15.8 Å². The van der Waals surface area contributed by atoms with Crippen LogP contribution in [0.15, 0.2) is 24.4 Å². The van der Waals surface area contributed by atoms with E-state index in [2.05, 4.69) is 23.7 Å². The first kappa shape index (κ1) is 14.1. The van der Waals surface area contributed by atoms with Gasteiger partial charge in [0.2, 0.25) is 0 Å². The molecule has 21 heavy (non-hydrogen) atoms. The molecule has 0 unspecified atom stereocenters. The van der Waals surface area contributed by atoms with Crippen molar-refractivity contribution >= 4 is 16.6 Å². The van der Waals surface area contributed by atoms with Crippen LogP contribution in [0.2, 0.25) is 0 Å². The number of aromatic nitrogens is 1. The smallest absolute Gasteiger partial charge is 0.279 e. The Balaban J connectivity index is 1.93. The van der Waals surface area contributed by atoms with Gasteiger partial charge in [-0.15, -0.1) is 0 Å². The van der Waals surface area contributed by atoms with Crippen molar-refractivity contribution in [2.75, 3.05) is 13.1 Å². The van der Waals surface area contributed by atoms with E-state index in [9.17, 15) is 10.1 Å². The van der Waals surface area contributed by atoms with Crippen LogP contribution in [0.5, 0.6) is 0 Å². The van der Waals surface area contributed by atoms with E-state index in [1.165, 1.54) is 0 Å². The first-order valence-corrected chi connectivity index (χ1v) is 7.56. The number of benzene rings is 1. The van der Waals surface area contributed by atoms with E-state index >= 15 is 0 Å². The summed E-state index contributed by atoms with van der Waals surface area (Å²) in [4.78, 5) is 16.7. The molecule has 1 aliphatic heterocycles. The molecule has 1 aromatic carbocycles. The highest BCUT2D eigenvalue weighted by Crippen LogP contribution is 2.37. The first-order valence-electron chi connectivity index (χ1n) is 7.56. The van der Waals surface area contributed by atoms with Gasteiger partial charge in [-0.3, -0.25) is 10.1 Å². The van der Waals surface area contributed by atoms with Gasteiger partial charge in [0.1, 0.15) is 0 Å². The normalized spacial score (nSPS) is 17.7. The molecule has 0 bridgehead atoms. The maximum Gasteiger partial charge on any atom is 0.279 e. The van der Waals surface area contributed by atoms with Crippen LogP contribution in [-0.2, 0) is 0 Å². The number of fused-ring (bicyclic) bond motifs is 1. The van der Waals surface area contributed by atoms with Gasteiger partial charge < -0.3 is 9.88 Å². The van der Waals surface area contributed by atoms with Crippen LogP contribution in [0, 0.1) is 10.1 Å². The summed E-state index contributed by atoms with van der Waals surface area (Å²) in [6.07, 6.45) is 4.10. The minimum Gasteiger partial charge on any atom is -0.361 e. The zero-order chi connectivity index (χ0) is 15.0. The molecule has 1 aromatic heterocycles. The molecule has 1 N–H and O–H groups in total. The predicted molar refractivity (Wildman–Crippen MR) is 83.6 cm³/mol. The molecule has 2 heterocycles. The van der Waals surface area contributed by atoms with E-state index in [1.54, 1.807) is 12.1 Å². The molecule has 0 amide bonds. The highest BCUT2D eigenvalue weighted by Gasteiger charge is 2.26. The van der Waals surface area contributed by atoms with Crippen molar-refractivity contribution in [3.05, 3.63) is 40.1 Å². The fourth-order valence-corrected chi connectivity index (χ4v) is 3.39. The number of hydrogen-bond acceptors (Lipinski definition) is 3. The highest BCUT2D eigenvalue weighted by atomic mass is 16.6. The highest BCUT2D eigenvalue weighted by molar-refractivity contribution is 5.92. The van der Waals surface area contributed by atoms with E-state index in [0.717, 1.165) is 42.4 Å². The maximum absolute atomic E-state index is 11.3. The van der Waals surface area contributed by atoms with Crippen molar-refractivity contribution < 1.29 is 4.92 Å². The molecule has 5 nitrogen and oxygen atoms in total. The van der Waals surface area contributed by atoms with Crippen LogP contribution < -0.4 is 0 Å². The summed E-state index contributed by atoms with van der Waals surface area (Å²) >= 11 is 0. The Morgan fingerprint density at radius 2 is 2.05 bits per heavy atom. The summed E-state index contributed by atoms with van der Waals surface area (Å²) in [6, 6.07) is 5.82. The van der Waals surface area contributed by atoms with Crippen molar-refractivity contribution in [3.8, 4) is 0 Å². The summed E-state index contributed by atoms with van der Waals surface area (Å²) in [5.41, 5.74) is 2.20. The van der Waals surface area contributed by atoms with Gasteiger partial charge in [0, 0.05) is 18.3 Å². The molecule has 2 aromatic rings. The number of nitrogens with one attached hydrogen (secondary N) is 1. The van der Waals surface area contributed by atoms with Crippen molar-refractivity contribution in [2.45, 2.75) is 38.6 Å². The average Bonchev–Trinajstić information content (AvgIpc) is 2.91. The number of nitrogens with zero attached hydrogens (tertiary/aromatic N) is 2. The molecule has 0 spiro atoms. The Labute approximate surface area is 124 Å². The van der Waals surface area contributed by atoms with Crippen LogP contribution in [-0.4, -0.2) is 33.9 Å². The lowest BCUT2D eigenvalue weighted by Gasteiger charge is -2.34. The molecule has 0 radical (unpaired) electrons. The van der Waals surface area contributed by atoms with Gasteiger partial charge in [-0.2, -0.15) is 0 Å². The second-order valence-corrected chi connectivity index (χ2v) is 6.10. The number of aromatic amines is 1. The van der Waals surface area contributed by atoms with E-state index < -0.39 is 0 Å². The number of nitro groups is 1. The van der Waals surface area contributed by atoms with Gasteiger partial charge >= 0.3 is 0 Å². The minimum atomic E-state index is -0.275. The van der Waals surface area contributed by atoms with Crippen LogP contribution in [0.1, 0.15) is 38.2 Å². The van der Waals surface area contributed by atoms with Crippen molar-refractivity contribution in [3.63, 3.8) is 0 Å². The molecule has 0 atom stereocenters. The van der Waals surface area contributed by atoms with Gasteiger partial charge in [0.15, 0.2) is 0 Å². The molecular weight excluding hydrogens is 266 g/mol. The van der Waals surface area contributed by atoms with E-state index in [4.69, 9.17) is 0 Å². The largest absolute Gasteiger partial charge is 0.361 e. The maximum atomic E-state index is 11.3. The minimum absolute atomic E-state index is 0.218. The molecule has 5 heteroatoms.